The van der Waals surface area contributed by atoms with E-state index in [0.717, 1.165) is 13.1 Å². The molecule has 1 aliphatic heterocycles. The van der Waals surface area contributed by atoms with Crippen molar-refractivity contribution < 1.29 is 0 Å². The molecule has 2 nitrogen and oxygen atoms in total. The lowest BCUT2D eigenvalue weighted by atomic mass is 9.81. The minimum Gasteiger partial charge on any atom is -0.308 e. The fraction of sp³-hybridized carbons (Fsp3) is 0.882. The first-order chi connectivity index (χ1) is 8.82. The zero-order chi connectivity index (χ0) is 14.1. The highest BCUT2D eigenvalue weighted by Gasteiger charge is 2.43. The summed E-state index contributed by atoms with van der Waals surface area (Å²) in [5, 5.41) is 3.91. The number of rotatable bonds is 2. The second-order valence-electron chi connectivity index (χ2n) is 7.96. The molecule has 0 radical (unpaired) electrons. The third kappa shape index (κ3) is 3.61. The molecule has 1 saturated heterocycles. The van der Waals surface area contributed by atoms with E-state index in [9.17, 15) is 0 Å². The second-order valence-corrected chi connectivity index (χ2v) is 7.96. The third-order valence-corrected chi connectivity index (χ3v) is 4.91. The number of allylic oxidation sites excluding steroid dienone is 1. The van der Waals surface area contributed by atoms with Gasteiger partial charge in [-0.05, 0) is 32.1 Å². The maximum absolute atomic E-state index is 3.91. The van der Waals surface area contributed by atoms with Gasteiger partial charge in [0.05, 0.1) is 0 Å². The maximum Gasteiger partial charge on any atom is 0.0309 e. The van der Waals surface area contributed by atoms with Gasteiger partial charge in [0.2, 0.25) is 0 Å². The van der Waals surface area contributed by atoms with E-state index in [1.807, 2.05) is 0 Å². The molecule has 1 N–H and O–H groups in total. The number of hydrogen-bond acceptors (Lipinski definition) is 2. The second kappa shape index (κ2) is 5.57. The van der Waals surface area contributed by atoms with Crippen molar-refractivity contribution in [2.24, 2.45) is 5.41 Å². The summed E-state index contributed by atoms with van der Waals surface area (Å²) in [6, 6.07) is 0.648. The zero-order valence-corrected chi connectivity index (χ0v) is 13.6. The third-order valence-electron chi connectivity index (χ3n) is 4.91. The van der Waals surface area contributed by atoms with Gasteiger partial charge in [-0.15, -0.1) is 0 Å². The molecule has 2 rings (SSSR count). The first-order valence-corrected chi connectivity index (χ1v) is 7.95. The molecule has 1 spiro atoms. The molecule has 2 aliphatic rings. The van der Waals surface area contributed by atoms with E-state index >= 15 is 0 Å². The highest BCUT2D eigenvalue weighted by Crippen LogP contribution is 2.36. The van der Waals surface area contributed by atoms with E-state index < -0.39 is 0 Å². The van der Waals surface area contributed by atoms with E-state index in [4.69, 9.17) is 0 Å². The smallest absolute Gasteiger partial charge is 0.0309 e. The van der Waals surface area contributed by atoms with Gasteiger partial charge in [-0.3, -0.25) is 4.90 Å². The predicted molar refractivity (Wildman–Crippen MR) is 83.4 cm³/mol. The first kappa shape index (κ1) is 15.1. The minimum atomic E-state index is 0.350. The highest BCUT2D eigenvalue weighted by atomic mass is 15.3. The molecule has 0 aromatic carbocycles. The van der Waals surface area contributed by atoms with Gasteiger partial charge in [0.25, 0.3) is 0 Å². The normalized spacial score (nSPS) is 27.7. The van der Waals surface area contributed by atoms with Gasteiger partial charge in [-0.2, -0.15) is 0 Å². The summed E-state index contributed by atoms with van der Waals surface area (Å²) in [5.74, 6) is 0. The molecule has 0 amide bonds. The summed E-state index contributed by atoms with van der Waals surface area (Å²) in [4.78, 5) is 2.73. The van der Waals surface area contributed by atoms with Crippen molar-refractivity contribution in [3.63, 3.8) is 0 Å². The Morgan fingerprint density at radius 2 is 1.89 bits per heavy atom. The molecule has 110 valence electrons. The average molecular weight is 264 g/mol. The number of piperazine rings is 1. The minimum absolute atomic E-state index is 0.350. The van der Waals surface area contributed by atoms with Crippen LogP contribution < -0.4 is 5.32 Å². The molecule has 1 saturated carbocycles. The van der Waals surface area contributed by atoms with Crippen molar-refractivity contribution in [1.82, 2.24) is 10.2 Å². The van der Waals surface area contributed by atoms with Gasteiger partial charge in [-0.25, -0.2) is 0 Å². The van der Waals surface area contributed by atoms with Crippen LogP contribution in [0, 0.1) is 5.41 Å². The Hall–Kier alpha value is -0.340. The van der Waals surface area contributed by atoms with E-state index in [-0.39, 0.29) is 0 Å². The van der Waals surface area contributed by atoms with Gasteiger partial charge in [0, 0.05) is 31.2 Å². The summed E-state index contributed by atoms with van der Waals surface area (Å²) in [6.07, 6.45) is 7.95. The highest BCUT2D eigenvalue weighted by molar-refractivity contribution is 5.05. The molecule has 19 heavy (non-hydrogen) atoms. The summed E-state index contributed by atoms with van der Waals surface area (Å²) in [7, 11) is 0. The topological polar surface area (TPSA) is 15.3 Å². The Balaban J connectivity index is 2.11. The van der Waals surface area contributed by atoms with E-state index in [0.29, 0.717) is 17.0 Å². The Morgan fingerprint density at radius 3 is 2.42 bits per heavy atom. The van der Waals surface area contributed by atoms with E-state index in [1.165, 1.54) is 37.8 Å². The van der Waals surface area contributed by atoms with Crippen LogP contribution in [0.5, 0.6) is 0 Å². The summed E-state index contributed by atoms with van der Waals surface area (Å²) >= 11 is 0. The standard InChI is InChI=1S/C17H32N2/c1-14(2)8-11-19-13-17(9-6-7-10-17)18-12-15(19)16(3,4)5/h8,15,18H,6-7,9-13H2,1-5H3. The SMILES string of the molecule is CC(C)=CCN1CC2(CCCC2)NCC1C(C)(C)C. The van der Waals surface area contributed by atoms with Crippen LogP contribution in [0.25, 0.3) is 0 Å². The lowest BCUT2D eigenvalue weighted by molar-refractivity contribution is 0.0325. The molecule has 1 unspecified atom stereocenters. The number of nitrogens with one attached hydrogen (secondary N) is 1. The van der Waals surface area contributed by atoms with Crippen LogP contribution in [0.1, 0.15) is 60.3 Å². The lowest BCUT2D eigenvalue weighted by Gasteiger charge is -2.50. The molecule has 0 bridgehead atoms. The van der Waals surface area contributed by atoms with Crippen molar-refractivity contribution in [3.8, 4) is 0 Å². The largest absolute Gasteiger partial charge is 0.308 e. The Bertz CT molecular complexity index is 328. The first-order valence-electron chi connectivity index (χ1n) is 7.95. The lowest BCUT2D eigenvalue weighted by Crippen LogP contribution is -2.65. The van der Waals surface area contributed by atoms with Gasteiger partial charge in [0.15, 0.2) is 0 Å². The molecule has 2 heteroatoms. The van der Waals surface area contributed by atoms with Gasteiger partial charge in [-0.1, -0.05) is 45.3 Å². The molecular weight excluding hydrogens is 232 g/mol. The van der Waals surface area contributed by atoms with E-state index in [1.54, 1.807) is 0 Å². The van der Waals surface area contributed by atoms with Crippen LogP contribution in [0.15, 0.2) is 11.6 Å². The van der Waals surface area contributed by atoms with Crippen LogP contribution in [0.3, 0.4) is 0 Å². The average Bonchev–Trinajstić information content (AvgIpc) is 2.73. The van der Waals surface area contributed by atoms with Crippen LogP contribution in [-0.2, 0) is 0 Å². The Morgan fingerprint density at radius 1 is 1.26 bits per heavy atom. The quantitative estimate of drug-likeness (QED) is 0.767. The molecule has 0 aromatic heterocycles. The van der Waals surface area contributed by atoms with Gasteiger partial charge < -0.3 is 5.32 Å². The van der Waals surface area contributed by atoms with Crippen LogP contribution >= 0.6 is 0 Å². The number of hydrogen-bond donors (Lipinski definition) is 1. The monoisotopic (exact) mass is 264 g/mol. The predicted octanol–water partition coefficient (Wildman–Crippen LogP) is 3.59. The zero-order valence-electron chi connectivity index (χ0n) is 13.6. The molecule has 1 heterocycles. The van der Waals surface area contributed by atoms with Crippen LogP contribution in [0.2, 0.25) is 0 Å². The summed E-state index contributed by atoms with van der Waals surface area (Å²) in [5.41, 5.74) is 2.21. The molecule has 1 atom stereocenters. The number of nitrogens with zero attached hydrogens (tertiary/aromatic N) is 1. The molecule has 0 aromatic rings. The van der Waals surface area contributed by atoms with Crippen molar-refractivity contribution in [1.29, 1.82) is 0 Å². The molecular formula is C17H32N2. The van der Waals surface area contributed by atoms with E-state index in [2.05, 4.69) is 50.9 Å². The summed E-state index contributed by atoms with van der Waals surface area (Å²) < 4.78 is 0. The fourth-order valence-corrected chi connectivity index (χ4v) is 3.73. The van der Waals surface area contributed by atoms with Crippen molar-refractivity contribution >= 4 is 0 Å². The Labute approximate surface area is 119 Å². The van der Waals surface area contributed by atoms with Crippen LogP contribution in [-0.4, -0.2) is 36.1 Å². The summed E-state index contributed by atoms with van der Waals surface area (Å²) in [6.45, 7) is 15.1. The van der Waals surface area contributed by atoms with Crippen molar-refractivity contribution in [3.05, 3.63) is 11.6 Å². The van der Waals surface area contributed by atoms with Crippen LogP contribution in [0.4, 0.5) is 0 Å². The molecule has 2 fully saturated rings. The fourth-order valence-electron chi connectivity index (χ4n) is 3.73. The van der Waals surface area contributed by atoms with Crippen molar-refractivity contribution in [2.75, 3.05) is 19.6 Å². The van der Waals surface area contributed by atoms with Crippen molar-refractivity contribution in [2.45, 2.75) is 71.9 Å². The van der Waals surface area contributed by atoms with Gasteiger partial charge >= 0.3 is 0 Å². The molecule has 1 aliphatic carbocycles. The van der Waals surface area contributed by atoms with Gasteiger partial charge in [0.1, 0.15) is 0 Å². The maximum atomic E-state index is 3.91. The Kier molecular flexibility index (Phi) is 4.42.